The summed E-state index contributed by atoms with van der Waals surface area (Å²) in [6, 6.07) is 6.35. The third kappa shape index (κ3) is 4.98. The Bertz CT molecular complexity index is 1090. The number of hydrogen-bond donors (Lipinski definition) is 1. The Morgan fingerprint density at radius 1 is 1.15 bits per heavy atom. The number of anilines is 1. The fourth-order valence-electron chi connectivity index (χ4n) is 4.72. The minimum atomic E-state index is -0.0840. The maximum atomic E-state index is 12.8. The molecule has 5 rings (SSSR count). The van der Waals surface area contributed by atoms with Gasteiger partial charge in [0.15, 0.2) is 0 Å². The highest BCUT2D eigenvalue weighted by Crippen LogP contribution is 2.35. The number of amides is 2. The average Bonchev–Trinajstić information content (AvgIpc) is 3.25. The van der Waals surface area contributed by atoms with Crippen molar-refractivity contribution >= 4 is 35.2 Å². The molecule has 0 bridgehead atoms. The summed E-state index contributed by atoms with van der Waals surface area (Å²) < 4.78 is 7.89. The van der Waals surface area contributed by atoms with Crippen LogP contribution in [0.25, 0.3) is 22.0 Å². The smallest absolute Gasteiger partial charge is 0.323 e. The van der Waals surface area contributed by atoms with E-state index in [2.05, 4.69) is 43.9 Å². The first-order valence-corrected chi connectivity index (χ1v) is 11.5. The number of likely N-dealkylation sites (N-methyl/N-ethyl adjacent to an activating group) is 1. The Hall–Kier alpha value is -2.68. The van der Waals surface area contributed by atoms with Gasteiger partial charge < -0.3 is 19.1 Å². The first-order valence-electron chi connectivity index (χ1n) is 11.5. The van der Waals surface area contributed by atoms with Gasteiger partial charge in [-0.1, -0.05) is 6.92 Å². The number of hydrogen-bond acceptors (Lipinski definition) is 5. The summed E-state index contributed by atoms with van der Waals surface area (Å²) in [5.41, 5.74) is 3.29. The van der Waals surface area contributed by atoms with Crippen LogP contribution >= 0.6 is 12.4 Å². The number of fused-ring (bicyclic) bond motifs is 1. The number of aromatic nitrogens is 3. The highest BCUT2D eigenvalue weighted by Gasteiger charge is 2.22. The molecule has 0 aromatic carbocycles. The highest BCUT2D eigenvalue weighted by molar-refractivity contribution is 5.97. The lowest BCUT2D eigenvalue weighted by Crippen LogP contribution is -2.49. The van der Waals surface area contributed by atoms with Crippen LogP contribution in [0.3, 0.4) is 0 Å². The van der Waals surface area contributed by atoms with Crippen molar-refractivity contribution in [3.05, 3.63) is 43.0 Å². The van der Waals surface area contributed by atoms with Gasteiger partial charge in [-0.3, -0.25) is 10.3 Å². The molecule has 0 aliphatic carbocycles. The van der Waals surface area contributed by atoms with Gasteiger partial charge in [-0.25, -0.2) is 9.78 Å². The van der Waals surface area contributed by atoms with E-state index in [0.717, 1.165) is 80.8 Å². The molecule has 0 unspecified atom stereocenters. The molecule has 0 spiro atoms. The Morgan fingerprint density at radius 2 is 1.94 bits per heavy atom. The van der Waals surface area contributed by atoms with E-state index in [1.807, 2.05) is 29.4 Å². The van der Waals surface area contributed by atoms with Crippen LogP contribution in [0.1, 0.15) is 25.8 Å². The topological polar surface area (TPSA) is 75.5 Å². The van der Waals surface area contributed by atoms with Crippen molar-refractivity contribution in [2.45, 2.75) is 25.8 Å². The number of pyridine rings is 2. The third-order valence-corrected chi connectivity index (χ3v) is 6.63. The zero-order valence-corrected chi connectivity index (χ0v) is 19.8. The van der Waals surface area contributed by atoms with Crippen molar-refractivity contribution in [2.75, 3.05) is 51.3 Å². The van der Waals surface area contributed by atoms with Gasteiger partial charge in [-0.05, 0) is 43.1 Å². The van der Waals surface area contributed by atoms with E-state index in [-0.39, 0.29) is 18.4 Å². The normalized spacial score (nSPS) is 17.7. The molecule has 8 nitrogen and oxygen atoms in total. The molecule has 2 aliphatic heterocycles. The SMILES string of the molecule is CCN1CCN(C(=O)Nc2cc(-c3cn(C4CCOCC4)c4cnccc34)ccn2)CC1.Cl. The van der Waals surface area contributed by atoms with Gasteiger partial charge in [-0.2, -0.15) is 0 Å². The largest absolute Gasteiger partial charge is 0.381 e. The molecular weight excluding hydrogens is 440 g/mol. The molecule has 0 radical (unpaired) electrons. The zero-order chi connectivity index (χ0) is 21.9. The van der Waals surface area contributed by atoms with Gasteiger partial charge in [0.2, 0.25) is 0 Å². The van der Waals surface area contributed by atoms with Gasteiger partial charge in [0.05, 0.1) is 11.7 Å². The predicted octanol–water partition coefficient (Wildman–Crippen LogP) is 4.04. The molecule has 1 N–H and O–H groups in total. The molecule has 2 saturated heterocycles. The second-order valence-corrected chi connectivity index (χ2v) is 8.47. The first-order chi connectivity index (χ1) is 15.7. The van der Waals surface area contributed by atoms with E-state index in [1.54, 1.807) is 6.20 Å². The lowest BCUT2D eigenvalue weighted by atomic mass is 10.1. The number of piperazine rings is 1. The van der Waals surface area contributed by atoms with Crippen molar-refractivity contribution < 1.29 is 9.53 Å². The minimum Gasteiger partial charge on any atom is -0.381 e. The molecule has 5 heterocycles. The van der Waals surface area contributed by atoms with Crippen LogP contribution in [0, 0.1) is 0 Å². The van der Waals surface area contributed by atoms with E-state index in [4.69, 9.17) is 4.74 Å². The Morgan fingerprint density at radius 3 is 2.70 bits per heavy atom. The first kappa shape index (κ1) is 23.5. The van der Waals surface area contributed by atoms with Gasteiger partial charge in [0, 0.05) is 75.0 Å². The van der Waals surface area contributed by atoms with E-state index >= 15 is 0 Å². The Labute approximate surface area is 200 Å². The van der Waals surface area contributed by atoms with E-state index in [0.29, 0.717) is 11.9 Å². The number of nitrogens with zero attached hydrogens (tertiary/aromatic N) is 5. The van der Waals surface area contributed by atoms with Gasteiger partial charge in [-0.15, -0.1) is 12.4 Å². The van der Waals surface area contributed by atoms with Crippen molar-refractivity contribution in [2.24, 2.45) is 0 Å². The maximum Gasteiger partial charge on any atom is 0.323 e. The number of ether oxygens (including phenoxy) is 1. The molecule has 2 aliphatic rings. The lowest BCUT2D eigenvalue weighted by Gasteiger charge is -2.33. The van der Waals surface area contributed by atoms with E-state index in [9.17, 15) is 4.79 Å². The maximum absolute atomic E-state index is 12.8. The third-order valence-electron chi connectivity index (χ3n) is 6.63. The molecular formula is C24H31ClN6O2. The van der Waals surface area contributed by atoms with Crippen molar-refractivity contribution in [3.63, 3.8) is 0 Å². The van der Waals surface area contributed by atoms with Crippen molar-refractivity contribution in [3.8, 4) is 11.1 Å². The van der Waals surface area contributed by atoms with Crippen LogP contribution in [0.2, 0.25) is 0 Å². The van der Waals surface area contributed by atoms with Crippen molar-refractivity contribution in [1.29, 1.82) is 0 Å². The average molecular weight is 471 g/mol. The number of carbonyl (C=O) groups excluding carboxylic acids is 1. The molecule has 0 atom stereocenters. The van der Waals surface area contributed by atoms with Crippen LogP contribution in [0.5, 0.6) is 0 Å². The minimum absolute atomic E-state index is 0. The van der Waals surface area contributed by atoms with Gasteiger partial charge in [0.25, 0.3) is 0 Å². The molecule has 9 heteroatoms. The molecule has 3 aromatic heterocycles. The molecule has 3 aromatic rings. The summed E-state index contributed by atoms with van der Waals surface area (Å²) in [6.45, 7) is 8.07. The summed E-state index contributed by atoms with van der Waals surface area (Å²) in [4.78, 5) is 25.8. The monoisotopic (exact) mass is 470 g/mol. The van der Waals surface area contributed by atoms with Crippen LogP contribution in [0.15, 0.2) is 43.0 Å². The highest BCUT2D eigenvalue weighted by atomic mass is 35.5. The van der Waals surface area contributed by atoms with E-state index < -0.39 is 0 Å². The molecule has 2 amide bonds. The van der Waals surface area contributed by atoms with Gasteiger partial charge in [0.1, 0.15) is 5.82 Å². The summed E-state index contributed by atoms with van der Waals surface area (Å²) in [6.07, 6.45) is 9.75. The predicted molar refractivity (Wildman–Crippen MR) is 132 cm³/mol. The summed E-state index contributed by atoms with van der Waals surface area (Å²) >= 11 is 0. The molecule has 0 saturated carbocycles. The number of rotatable bonds is 4. The lowest BCUT2D eigenvalue weighted by molar-refractivity contribution is 0.0707. The van der Waals surface area contributed by atoms with Gasteiger partial charge >= 0.3 is 6.03 Å². The fourth-order valence-corrected chi connectivity index (χ4v) is 4.72. The molecule has 176 valence electrons. The van der Waals surface area contributed by atoms with Crippen LogP contribution in [-0.4, -0.2) is 76.3 Å². The summed E-state index contributed by atoms with van der Waals surface area (Å²) in [7, 11) is 0. The quantitative estimate of drug-likeness (QED) is 0.622. The van der Waals surface area contributed by atoms with Crippen molar-refractivity contribution in [1.82, 2.24) is 24.3 Å². The molecule has 33 heavy (non-hydrogen) atoms. The number of halogens is 1. The zero-order valence-electron chi connectivity index (χ0n) is 18.9. The standard InChI is InChI=1S/C24H30N6O2.ClH/c1-2-28-9-11-29(12-10-28)24(31)27-23-15-18(3-8-26-23)21-17-30(19-5-13-32-14-6-19)22-16-25-7-4-20(21)22;/h3-4,7-8,15-17,19H,2,5-6,9-14H2,1H3,(H,26,27,31);1H. The fraction of sp³-hybridized carbons (Fsp3) is 0.458. The van der Waals surface area contributed by atoms with Crippen LogP contribution in [0.4, 0.5) is 10.6 Å². The number of carbonyl (C=O) groups is 1. The second kappa shape index (κ2) is 10.5. The van der Waals surface area contributed by atoms with Crippen LogP contribution in [-0.2, 0) is 4.74 Å². The Balaban J connectivity index is 0.00000259. The Kier molecular flexibility index (Phi) is 7.47. The number of nitrogens with one attached hydrogen (secondary N) is 1. The molecule has 2 fully saturated rings. The van der Waals surface area contributed by atoms with Crippen LogP contribution < -0.4 is 5.32 Å². The second-order valence-electron chi connectivity index (χ2n) is 8.47. The summed E-state index contributed by atoms with van der Waals surface area (Å²) in [5, 5.41) is 4.15. The van der Waals surface area contributed by atoms with E-state index in [1.165, 1.54) is 0 Å². The summed E-state index contributed by atoms with van der Waals surface area (Å²) in [5.74, 6) is 0.575. The number of urea groups is 1.